The molecule has 0 amide bonds. The third kappa shape index (κ3) is 3.33. The summed E-state index contributed by atoms with van der Waals surface area (Å²) in [5.74, 6) is 0.203. The highest BCUT2D eigenvalue weighted by molar-refractivity contribution is 5.72. The van der Waals surface area contributed by atoms with Gasteiger partial charge in [-0.25, -0.2) is 18.7 Å². The normalized spacial score (nSPS) is 11.4. The van der Waals surface area contributed by atoms with Gasteiger partial charge in [-0.3, -0.25) is 4.68 Å². The first-order valence-electron chi connectivity index (χ1n) is 8.55. The van der Waals surface area contributed by atoms with Gasteiger partial charge in [0.15, 0.2) is 5.65 Å². The summed E-state index contributed by atoms with van der Waals surface area (Å²) < 4.78 is 22.5. The predicted molar refractivity (Wildman–Crippen MR) is 98.2 cm³/mol. The lowest BCUT2D eigenvalue weighted by Gasteiger charge is -2.12. The summed E-state index contributed by atoms with van der Waals surface area (Å²) in [6.45, 7) is 4.36. The summed E-state index contributed by atoms with van der Waals surface area (Å²) in [6, 6.07) is 9.85. The van der Waals surface area contributed by atoms with Crippen molar-refractivity contribution in [3.63, 3.8) is 0 Å². The number of ether oxygens (including phenoxy) is 1. The maximum atomic E-state index is 13.3. The van der Waals surface area contributed by atoms with Crippen molar-refractivity contribution in [3.8, 4) is 16.9 Å². The SMILES string of the molecule is CC(C)n1ccc(COc2cc3n[nH]c(=O)n3cc2-c2ccc(F)cc2)n1. The minimum atomic E-state index is -0.351. The molecule has 7 nitrogen and oxygen atoms in total. The van der Waals surface area contributed by atoms with Crippen LogP contribution < -0.4 is 10.4 Å². The zero-order valence-electron chi connectivity index (χ0n) is 14.9. The molecule has 0 aliphatic carbocycles. The van der Waals surface area contributed by atoms with Crippen LogP contribution in [0, 0.1) is 5.82 Å². The maximum Gasteiger partial charge on any atom is 0.347 e. The lowest BCUT2D eigenvalue weighted by Crippen LogP contribution is -2.09. The summed E-state index contributed by atoms with van der Waals surface area (Å²) >= 11 is 0. The molecule has 0 saturated heterocycles. The van der Waals surface area contributed by atoms with Crippen molar-refractivity contribution in [2.75, 3.05) is 0 Å². The van der Waals surface area contributed by atoms with Gasteiger partial charge >= 0.3 is 5.69 Å². The fraction of sp³-hybridized carbons (Fsp3) is 0.211. The Morgan fingerprint density at radius 1 is 1.22 bits per heavy atom. The molecule has 4 rings (SSSR count). The molecule has 1 N–H and O–H groups in total. The minimum Gasteiger partial charge on any atom is -0.486 e. The number of fused-ring (bicyclic) bond motifs is 1. The molecule has 0 aliphatic heterocycles. The molecule has 0 atom stereocenters. The van der Waals surface area contributed by atoms with E-state index < -0.39 is 0 Å². The van der Waals surface area contributed by atoms with Gasteiger partial charge < -0.3 is 4.74 Å². The number of rotatable bonds is 5. The van der Waals surface area contributed by atoms with Crippen LogP contribution in [0.2, 0.25) is 0 Å². The van der Waals surface area contributed by atoms with Crippen molar-refractivity contribution in [2.24, 2.45) is 0 Å². The number of nitrogens with one attached hydrogen (secondary N) is 1. The second kappa shape index (κ2) is 6.71. The molecule has 3 heterocycles. The molecule has 0 radical (unpaired) electrons. The Kier molecular flexibility index (Phi) is 4.23. The van der Waals surface area contributed by atoms with Gasteiger partial charge in [-0.05, 0) is 37.6 Å². The van der Waals surface area contributed by atoms with E-state index in [1.807, 2.05) is 30.8 Å². The van der Waals surface area contributed by atoms with Crippen molar-refractivity contribution in [1.82, 2.24) is 24.4 Å². The van der Waals surface area contributed by atoms with Crippen LogP contribution in [0.15, 0.2) is 53.6 Å². The van der Waals surface area contributed by atoms with Gasteiger partial charge in [0, 0.05) is 30.1 Å². The Morgan fingerprint density at radius 3 is 2.70 bits per heavy atom. The zero-order chi connectivity index (χ0) is 19.0. The van der Waals surface area contributed by atoms with Gasteiger partial charge in [-0.2, -0.15) is 10.2 Å². The Bertz CT molecular complexity index is 1140. The fourth-order valence-corrected chi connectivity index (χ4v) is 2.79. The molecule has 1 aromatic carbocycles. The van der Waals surface area contributed by atoms with Gasteiger partial charge in [0.05, 0.1) is 5.69 Å². The first-order valence-corrected chi connectivity index (χ1v) is 8.55. The van der Waals surface area contributed by atoms with Crippen molar-refractivity contribution >= 4 is 5.65 Å². The summed E-state index contributed by atoms with van der Waals surface area (Å²) in [5.41, 5.74) is 2.26. The molecule has 0 unspecified atom stereocenters. The summed E-state index contributed by atoms with van der Waals surface area (Å²) in [5, 5.41) is 10.9. The minimum absolute atomic E-state index is 0.263. The maximum absolute atomic E-state index is 13.3. The van der Waals surface area contributed by atoms with Gasteiger partial charge in [0.2, 0.25) is 0 Å². The van der Waals surface area contributed by atoms with Crippen LogP contribution in [-0.4, -0.2) is 24.4 Å². The van der Waals surface area contributed by atoms with Crippen molar-refractivity contribution in [1.29, 1.82) is 0 Å². The van der Waals surface area contributed by atoms with Crippen LogP contribution in [-0.2, 0) is 6.61 Å². The summed E-state index contributed by atoms with van der Waals surface area (Å²) in [6.07, 6.45) is 3.54. The lowest BCUT2D eigenvalue weighted by molar-refractivity contribution is 0.300. The second-order valence-corrected chi connectivity index (χ2v) is 6.48. The van der Waals surface area contributed by atoms with Gasteiger partial charge in [-0.15, -0.1) is 0 Å². The zero-order valence-corrected chi connectivity index (χ0v) is 14.9. The van der Waals surface area contributed by atoms with E-state index >= 15 is 0 Å². The number of nitrogens with zero attached hydrogens (tertiary/aromatic N) is 4. The molecular weight excluding hydrogens is 349 g/mol. The molecule has 27 heavy (non-hydrogen) atoms. The Labute approximate surface area is 154 Å². The van der Waals surface area contributed by atoms with Crippen LogP contribution in [0.1, 0.15) is 25.6 Å². The molecule has 4 aromatic rings. The lowest BCUT2D eigenvalue weighted by atomic mass is 10.1. The van der Waals surface area contributed by atoms with E-state index in [0.717, 1.165) is 11.3 Å². The van der Waals surface area contributed by atoms with Crippen LogP contribution >= 0.6 is 0 Å². The molecule has 0 spiro atoms. The van der Waals surface area contributed by atoms with E-state index in [1.54, 1.807) is 24.4 Å². The summed E-state index contributed by atoms with van der Waals surface area (Å²) in [7, 11) is 0. The summed E-state index contributed by atoms with van der Waals surface area (Å²) in [4.78, 5) is 11.9. The van der Waals surface area contributed by atoms with Gasteiger partial charge in [0.1, 0.15) is 18.2 Å². The third-order valence-corrected chi connectivity index (χ3v) is 4.24. The Hall–Kier alpha value is -3.42. The van der Waals surface area contributed by atoms with E-state index in [-0.39, 0.29) is 24.2 Å². The first kappa shape index (κ1) is 17.0. The van der Waals surface area contributed by atoms with E-state index in [1.165, 1.54) is 16.5 Å². The van der Waals surface area contributed by atoms with E-state index in [4.69, 9.17) is 4.74 Å². The standard InChI is InChI=1S/C19H18FN5O2/c1-12(2)25-8-7-15(23-25)11-27-17-9-18-21-22-19(26)24(18)10-16(17)13-3-5-14(20)6-4-13/h3-10,12H,11H2,1-2H3,(H,22,26). The van der Waals surface area contributed by atoms with Crippen LogP contribution in [0.4, 0.5) is 4.39 Å². The van der Waals surface area contributed by atoms with E-state index in [2.05, 4.69) is 15.3 Å². The Morgan fingerprint density at radius 2 is 2.00 bits per heavy atom. The first-order chi connectivity index (χ1) is 13.0. The predicted octanol–water partition coefficient (Wildman–Crippen LogP) is 3.19. The van der Waals surface area contributed by atoms with E-state index in [9.17, 15) is 9.18 Å². The molecule has 0 fully saturated rings. The van der Waals surface area contributed by atoms with Crippen molar-refractivity contribution < 1.29 is 9.13 Å². The highest BCUT2D eigenvalue weighted by Gasteiger charge is 2.13. The van der Waals surface area contributed by atoms with Crippen LogP contribution in [0.3, 0.4) is 0 Å². The third-order valence-electron chi connectivity index (χ3n) is 4.24. The number of hydrogen-bond donors (Lipinski definition) is 1. The second-order valence-electron chi connectivity index (χ2n) is 6.48. The number of aromatic nitrogens is 5. The molecule has 8 heteroatoms. The monoisotopic (exact) mass is 367 g/mol. The molecular formula is C19H18FN5O2. The fourth-order valence-electron chi connectivity index (χ4n) is 2.79. The number of halogens is 1. The number of H-pyrrole nitrogens is 1. The topological polar surface area (TPSA) is 77.2 Å². The van der Waals surface area contributed by atoms with E-state index in [0.29, 0.717) is 17.0 Å². The number of pyridine rings is 1. The van der Waals surface area contributed by atoms with Gasteiger partial charge in [0.25, 0.3) is 0 Å². The number of aromatic amines is 1. The average molecular weight is 367 g/mol. The van der Waals surface area contributed by atoms with Gasteiger partial charge in [-0.1, -0.05) is 12.1 Å². The quantitative estimate of drug-likeness (QED) is 0.588. The highest BCUT2D eigenvalue weighted by Crippen LogP contribution is 2.31. The molecule has 3 aromatic heterocycles. The average Bonchev–Trinajstić information content (AvgIpc) is 3.27. The largest absolute Gasteiger partial charge is 0.486 e. The molecule has 0 bridgehead atoms. The van der Waals surface area contributed by atoms with Crippen molar-refractivity contribution in [2.45, 2.75) is 26.5 Å². The van der Waals surface area contributed by atoms with Crippen molar-refractivity contribution in [3.05, 3.63) is 70.8 Å². The highest BCUT2D eigenvalue weighted by atomic mass is 19.1. The Balaban J connectivity index is 1.72. The number of hydrogen-bond acceptors (Lipinski definition) is 4. The molecule has 0 aliphatic rings. The molecule has 138 valence electrons. The number of benzene rings is 1. The van der Waals surface area contributed by atoms with Crippen LogP contribution in [0.5, 0.6) is 5.75 Å². The smallest absolute Gasteiger partial charge is 0.347 e. The van der Waals surface area contributed by atoms with Crippen LogP contribution in [0.25, 0.3) is 16.8 Å². The molecule has 0 saturated carbocycles.